The van der Waals surface area contributed by atoms with Crippen LogP contribution in [-0.4, -0.2) is 136 Å². The third kappa shape index (κ3) is 9.83. The zero-order valence-electron chi connectivity index (χ0n) is 19.0. The van der Waals surface area contributed by atoms with Gasteiger partial charge in [-0.15, -0.1) is 0 Å². The predicted molar refractivity (Wildman–Crippen MR) is 121 cm³/mol. The Kier molecular flexibility index (Phi) is 10.9. The number of rotatable bonds is 9. The first kappa shape index (κ1) is 27.2. The number of carbonyl (C=O) groups is 4. The summed E-state index contributed by atoms with van der Waals surface area (Å²) in [5, 5.41) is 37.3. The minimum Gasteiger partial charge on any atom is -0.480 e. The molecule has 34 heavy (non-hydrogen) atoms. The number of carboxylic acid groups (broad SMARTS) is 4. The van der Waals surface area contributed by atoms with Gasteiger partial charge in [-0.3, -0.25) is 34.0 Å². The van der Waals surface area contributed by atoms with E-state index in [2.05, 4.69) is 0 Å². The van der Waals surface area contributed by atoms with Gasteiger partial charge in [0.1, 0.15) is 0 Å². The third-order valence-electron chi connectivity index (χ3n) is 5.65. The average Bonchev–Trinajstić information content (AvgIpc) is 2.74. The molecule has 2 rings (SSSR count). The molecule has 12 heteroatoms. The first-order valence-corrected chi connectivity index (χ1v) is 11.0. The van der Waals surface area contributed by atoms with Gasteiger partial charge >= 0.3 is 23.9 Å². The smallest absolute Gasteiger partial charge is 0.336 e. The molecule has 0 unspecified atom stereocenters. The molecule has 0 saturated carbocycles. The van der Waals surface area contributed by atoms with Gasteiger partial charge in [0.2, 0.25) is 0 Å². The second-order valence-electron chi connectivity index (χ2n) is 8.25. The van der Waals surface area contributed by atoms with Gasteiger partial charge in [-0.2, -0.15) is 0 Å². The van der Waals surface area contributed by atoms with Crippen molar-refractivity contribution < 1.29 is 39.6 Å². The molecule has 1 fully saturated rings. The molecule has 0 amide bonds. The molecule has 12 nitrogen and oxygen atoms in total. The molecule has 0 bridgehead atoms. The SMILES string of the molecule is O=C(O)CN1CCN(CC(=O)O)CCN(Cc2ccccc2C(=O)O)CCN(CC(=O)O)CC1. The second kappa shape index (κ2) is 13.6. The molecule has 188 valence electrons. The lowest BCUT2D eigenvalue weighted by molar-refractivity contribution is -0.140. The Balaban J connectivity index is 2.23. The molecule has 0 spiro atoms. The average molecular weight is 481 g/mol. The van der Waals surface area contributed by atoms with Crippen LogP contribution in [0.1, 0.15) is 15.9 Å². The summed E-state index contributed by atoms with van der Waals surface area (Å²) in [6.45, 7) is 2.61. The van der Waals surface area contributed by atoms with Crippen molar-refractivity contribution in [2.45, 2.75) is 6.54 Å². The maximum Gasteiger partial charge on any atom is 0.336 e. The van der Waals surface area contributed by atoms with Crippen molar-refractivity contribution in [2.24, 2.45) is 0 Å². The summed E-state index contributed by atoms with van der Waals surface area (Å²) in [7, 11) is 0. The van der Waals surface area contributed by atoms with Crippen molar-refractivity contribution in [3.05, 3.63) is 35.4 Å². The number of hydrogen-bond acceptors (Lipinski definition) is 8. The van der Waals surface area contributed by atoms with Gasteiger partial charge in [0.05, 0.1) is 25.2 Å². The maximum absolute atomic E-state index is 11.6. The fourth-order valence-electron chi connectivity index (χ4n) is 3.89. The quantitative estimate of drug-likeness (QED) is 0.354. The summed E-state index contributed by atoms with van der Waals surface area (Å²) in [4.78, 5) is 52.7. The van der Waals surface area contributed by atoms with Crippen LogP contribution in [0, 0.1) is 0 Å². The molecular weight excluding hydrogens is 448 g/mol. The molecule has 0 aliphatic carbocycles. The molecule has 1 aliphatic rings. The fraction of sp³-hybridized carbons (Fsp3) is 0.545. The minimum absolute atomic E-state index is 0.183. The van der Waals surface area contributed by atoms with Crippen molar-refractivity contribution in [3.63, 3.8) is 0 Å². The van der Waals surface area contributed by atoms with Gasteiger partial charge in [0, 0.05) is 58.9 Å². The van der Waals surface area contributed by atoms with Crippen molar-refractivity contribution in [3.8, 4) is 0 Å². The van der Waals surface area contributed by atoms with Crippen molar-refractivity contribution in [1.82, 2.24) is 19.6 Å². The van der Waals surface area contributed by atoms with E-state index in [1.807, 2.05) is 4.90 Å². The number of aromatic carboxylic acids is 1. The van der Waals surface area contributed by atoms with E-state index in [0.717, 1.165) is 0 Å². The van der Waals surface area contributed by atoms with E-state index in [0.29, 0.717) is 64.5 Å². The second-order valence-corrected chi connectivity index (χ2v) is 8.25. The van der Waals surface area contributed by atoms with E-state index in [1.54, 1.807) is 32.9 Å². The Morgan fingerprint density at radius 1 is 0.588 bits per heavy atom. The summed E-state index contributed by atoms with van der Waals surface area (Å²) in [6, 6.07) is 6.66. The zero-order chi connectivity index (χ0) is 25.1. The Morgan fingerprint density at radius 3 is 1.29 bits per heavy atom. The highest BCUT2D eigenvalue weighted by atomic mass is 16.4. The number of benzene rings is 1. The highest BCUT2D eigenvalue weighted by molar-refractivity contribution is 5.89. The van der Waals surface area contributed by atoms with Gasteiger partial charge in [0.15, 0.2) is 0 Å². The van der Waals surface area contributed by atoms with E-state index in [-0.39, 0.29) is 25.2 Å². The van der Waals surface area contributed by atoms with E-state index >= 15 is 0 Å². The lowest BCUT2D eigenvalue weighted by atomic mass is 10.1. The highest BCUT2D eigenvalue weighted by Crippen LogP contribution is 2.13. The molecule has 1 saturated heterocycles. The normalized spacial score (nSPS) is 18.0. The summed E-state index contributed by atoms with van der Waals surface area (Å²) >= 11 is 0. The molecule has 4 N–H and O–H groups in total. The molecule has 1 heterocycles. The Morgan fingerprint density at radius 2 is 0.941 bits per heavy atom. The Hall–Kier alpha value is -3.06. The van der Waals surface area contributed by atoms with Gasteiger partial charge in [-0.1, -0.05) is 18.2 Å². The summed E-state index contributed by atoms with van der Waals surface area (Å²) in [5.74, 6) is -4.03. The monoisotopic (exact) mass is 480 g/mol. The number of hydrogen-bond donors (Lipinski definition) is 4. The van der Waals surface area contributed by atoms with Gasteiger partial charge in [-0.25, -0.2) is 4.79 Å². The minimum atomic E-state index is -1.04. The largest absolute Gasteiger partial charge is 0.480 e. The number of carboxylic acids is 4. The van der Waals surface area contributed by atoms with Crippen LogP contribution in [0.15, 0.2) is 24.3 Å². The number of aliphatic carboxylic acids is 3. The van der Waals surface area contributed by atoms with Crippen LogP contribution >= 0.6 is 0 Å². The predicted octanol–water partition coefficient (Wildman–Crippen LogP) is -0.640. The molecule has 1 aromatic carbocycles. The van der Waals surface area contributed by atoms with Crippen LogP contribution in [0.3, 0.4) is 0 Å². The van der Waals surface area contributed by atoms with E-state index in [4.69, 9.17) is 0 Å². The van der Waals surface area contributed by atoms with Crippen molar-refractivity contribution >= 4 is 23.9 Å². The van der Waals surface area contributed by atoms with Crippen LogP contribution < -0.4 is 0 Å². The summed E-state index contributed by atoms with van der Waals surface area (Å²) in [6.07, 6.45) is 0. The van der Waals surface area contributed by atoms with E-state index in [1.165, 1.54) is 6.07 Å². The maximum atomic E-state index is 11.6. The first-order valence-electron chi connectivity index (χ1n) is 11.0. The van der Waals surface area contributed by atoms with Gasteiger partial charge in [0.25, 0.3) is 0 Å². The lowest BCUT2D eigenvalue weighted by Crippen LogP contribution is -2.48. The molecule has 0 aromatic heterocycles. The molecule has 0 radical (unpaired) electrons. The number of nitrogens with zero attached hydrogens (tertiary/aromatic N) is 4. The summed E-state index contributed by atoms with van der Waals surface area (Å²) in [5.41, 5.74) is 0.798. The van der Waals surface area contributed by atoms with Crippen molar-refractivity contribution in [1.29, 1.82) is 0 Å². The molecule has 1 aromatic rings. The molecule has 0 atom stereocenters. The lowest BCUT2D eigenvalue weighted by Gasteiger charge is -2.33. The standard InChI is InChI=1S/C22H32N4O8/c27-19(28)14-24-7-5-23(13-17-3-1-2-4-18(17)22(33)34)6-8-25(15-20(29)30)10-12-26(11-9-24)16-21(31)32/h1-4H,5-16H2,(H,27,28)(H,29,30)(H,31,32)(H,33,34). The van der Waals surface area contributed by atoms with Crippen LogP contribution in [0.2, 0.25) is 0 Å². The zero-order valence-corrected chi connectivity index (χ0v) is 19.0. The van der Waals surface area contributed by atoms with Crippen molar-refractivity contribution in [2.75, 3.05) is 72.0 Å². The van der Waals surface area contributed by atoms with Gasteiger partial charge < -0.3 is 20.4 Å². The van der Waals surface area contributed by atoms with Crippen LogP contribution in [0.5, 0.6) is 0 Å². The van der Waals surface area contributed by atoms with Crippen LogP contribution in [0.4, 0.5) is 0 Å². The van der Waals surface area contributed by atoms with Crippen LogP contribution in [0.25, 0.3) is 0 Å². The topological polar surface area (TPSA) is 162 Å². The van der Waals surface area contributed by atoms with E-state index < -0.39 is 23.9 Å². The van der Waals surface area contributed by atoms with Crippen LogP contribution in [-0.2, 0) is 20.9 Å². The Bertz CT molecular complexity index is 833. The Labute approximate surface area is 197 Å². The van der Waals surface area contributed by atoms with Gasteiger partial charge in [-0.05, 0) is 11.6 Å². The summed E-state index contributed by atoms with van der Waals surface area (Å²) < 4.78 is 0. The molecular formula is C22H32N4O8. The molecule has 1 aliphatic heterocycles. The highest BCUT2D eigenvalue weighted by Gasteiger charge is 2.21. The first-order chi connectivity index (χ1) is 16.1. The fourth-order valence-corrected chi connectivity index (χ4v) is 3.89. The third-order valence-corrected chi connectivity index (χ3v) is 5.65. The van der Waals surface area contributed by atoms with E-state index in [9.17, 15) is 39.6 Å².